The summed E-state index contributed by atoms with van der Waals surface area (Å²) in [5.74, 6) is -1.47. The smallest absolute Gasteiger partial charge is 0.247 e. The maximum atomic E-state index is 13.6. The summed E-state index contributed by atoms with van der Waals surface area (Å²) in [5.41, 5.74) is 2.11. The molecule has 1 atom stereocenters. The minimum absolute atomic E-state index is 0.0444. The molecule has 0 aromatic carbocycles. The molecule has 1 heterocycles. The van der Waals surface area contributed by atoms with Crippen molar-refractivity contribution in [3.63, 3.8) is 0 Å². The molecule has 2 aliphatic carbocycles. The van der Waals surface area contributed by atoms with Crippen molar-refractivity contribution in [2.24, 2.45) is 0 Å². The number of carbonyl (C=O) groups excluding carboxylic acids is 2. The van der Waals surface area contributed by atoms with Crippen molar-refractivity contribution in [1.82, 2.24) is 15.1 Å². The highest BCUT2D eigenvalue weighted by Crippen LogP contribution is 2.34. The molecule has 0 fully saturated rings. The predicted octanol–water partition coefficient (Wildman–Crippen LogP) is 6.84. The monoisotopic (exact) mass is 526 g/mol. The average molecular weight is 527 g/mol. The van der Waals surface area contributed by atoms with Gasteiger partial charge in [0.1, 0.15) is 23.5 Å². The number of hydrogen-bond acceptors (Lipinski definition) is 3. The maximum absolute atomic E-state index is 13.6. The Balaban J connectivity index is 1.69. The number of allylic oxidation sites excluding steroid dienone is 9. The lowest BCUT2D eigenvalue weighted by Gasteiger charge is -2.25. The van der Waals surface area contributed by atoms with Crippen LogP contribution >= 0.6 is 0 Å². The second-order valence-corrected chi connectivity index (χ2v) is 11.7. The summed E-state index contributed by atoms with van der Waals surface area (Å²) in [7, 11) is 0. The van der Waals surface area contributed by atoms with E-state index < -0.39 is 23.6 Å². The van der Waals surface area contributed by atoms with E-state index in [-0.39, 0.29) is 36.1 Å². The molecule has 0 saturated carbocycles. The number of nitrogens with zero attached hydrogens (tertiary/aromatic N) is 2. The highest BCUT2D eigenvalue weighted by atomic mass is 19.1. The van der Waals surface area contributed by atoms with Gasteiger partial charge in [0.25, 0.3) is 0 Å². The SMILES string of the molecule is C[C@H](NC(=O)C/C1=C/C/C(F)=C\C(F)=CC1)C(=O)Nc1cc(C(C)(C)CC2=CCCC=C2)nn1C(C)(C)C. The number of amides is 2. The van der Waals surface area contributed by atoms with E-state index >= 15 is 0 Å². The van der Waals surface area contributed by atoms with Crippen LogP contribution < -0.4 is 10.6 Å². The largest absolute Gasteiger partial charge is 0.344 e. The average Bonchev–Trinajstić information content (AvgIpc) is 3.25. The Morgan fingerprint density at radius 1 is 1.08 bits per heavy atom. The molecule has 0 aliphatic heterocycles. The summed E-state index contributed by atoms with van der Waals surface area (Å²) < 4.78 is 29.0. The van der Waals surface area contributed by atoms with Gasteiger partial charge in [-0.15, -0.1) is 0 Å². The third kappa shape index (κ3) is 8.10. The van der Waals surface area contributed by atoms with Gasteiger partial charge < -0.3 is 10.6 Å². The highest BCUT2D eigenvalue weighted by molar-refractivity contribution is 5.96. The minimum atomic E-state index is -0.821. The quantitative estimate of drug-likeness (QED) is 0.364. The van der Waals surface area contributed by atoms with E-state index in [1.165, 1.54) is 11.6 Å². The molecule has 0 spiro atoms. The van der Waals surface area contributed by atoms with Gasteiger partial charge in [0.2, 0.25) is 11.8 Å². The lowest BCUT2D eigenvalue weighted by Crippen LogP contribution is -2.42. The number of aromatic nitrogens is 2. The molecule has 2 aliphatic rings. The Morgan fingerprint density at radius 3 is 2.47 bits per heavy atom. The standard InChI is InChI=1S/C30H40F2N4O2/c1-20(33-27(37)16-21-12-14-23(31)17-24(32)15-13-21)28(38)34-26-18-25(35-36(26)29(2,3)4)30(5,6)19-22-10-8-7-9-11-22/h8,10-12,15,17-18,20H,7,9,13-14,16,19H2,1-6H3,(H,33,37)(H,34,38)/b21-12+,23-17+,24-15?/t20-/m0/s1. The van der Waals surface area contributed by atoms with Gasteiger partial charge in [-0.2, -0.15) is 5.10 Å². The number of hydrogen-bond donors (Lipinski definition) is 2. The van der Waals surface area contributed by atoms with Crippen LogP contribution in [0.2, 0.25) is 0 Å². The van der Waals surface area contributed by atoms with Gasteiger partial charge in [0, 0.05) is 30.4 Å². The van der Waals surface area contributed by atoms with Gasteiger partial charge in [-0.1, -0.05) is 49.3 Å². The second kappa shape index (κ2) is 12.0. The van der Waals surface area contributed by atoms with Crippen LogP contribution in [0.4, 0.5) is 14.6 Å². The van der Waals surface area contributed by atoms with Crippen molar-refractivity contribution < 1.29 is 18.4 Å². The van der Waals surface area contributed by atoms with E-state index in [4.69, 9.17) is 5.10 Å². The maximum Gasteiger partial charge on any atom is 0.247 e. The van der Waals surface area contributed by atoms with Crippen LogP contribution in [0.25, 0.3) is 0 Å². The van der Waals surface area contributed by atoms with Crippen molar-refractivity contribution in [2.45, 2.75) is 97.1 Å². The van der Waals surface area contributed by atoms with Crippen LogP contribution in [0.15, 0.2) is 65.3 Å². The van der Waals surface area contributed by atoms with Crippen LogP contribution in [0, 0.1) is 0 Å². The molecule has 3 rings (SSSR count). The topological polar surface area (TPSA) is 76.0 Å². The fourth-order valence-corrected chi connectivity index (χ4v) is 4.48. The number of rotatable bonds is 8. The minimum Gasteiger partial charge on any atom is -0.344 e. The van der Waals surface area contributed by atoms with Crippen LogP contribution in [-0.2, 0) is 20.5 Å². The van der Waals surface area contributed by atoms with E-state index in [0.717, 1.165) is 31.0 Å². The second-order valence-electron chi connectivity index (χ2n) is 11.7. The van der Waals surface area contributed by atoms with E-state index in [2.05, 4.69) is 42.7 Å². The molecular weight excluding hydrogens is 486 g/mol. The zero-order valence-electron chi connectivity index (χ0n) is 23.3. The highest BCUT2D eigenvalue weighted by Gasteiger charge is 2.30. The molecular formula is C30H40F2N4O2. The normalized spacial score (nSPS) is 20.1. The van der Waals surface area contributed by atoms with Crippen LogP contribution in [0.3, 0.4) is 0 Å². The van der Waals surface area contributed by atoms with E-state index in [9.17, 15) is 18.4 Å². The zero-order chi connectivity index (χ0) is 28.1. The fraction of sp³-hybridized carbons (Fsp3) is 0.500. The first kappa shape index (κ1) is 29.3. The van der Waals surface area contributed by atoms with E-state index in [1.54, 1.807) is 13.0 Å². The molecule has 1 aromatic rings. The third-order valence-electron chi connectivity index (χ3n) is 6.61. The summed E-state index contributed by atoms with van der Waals surface area (Å²) in [5, 5.41) is 10.5. The van der Waals surface area contributed by atoms with E-state index in [1.807, 2.05) is 31.5 Å². The lowest BCUT2D eigenvalue weighted by molar-refractivity contribution is -0.125. The summed E-state index contributed by atoms with van der Waals surface area (Å²) in [4.78, 5) is 25.7. The number of halogens is 2. The van der Waals surface area contributed by atoms with Gasteiger partial charge in [-0.05, 0) is 59.5 Å². The Labute approximate surface area is 224 Å². The summed E-state index contributed by atoms with van der Waals surface area (Å²) >= 11 is 0. The predicted molar refractivity (Wildman–Crippen MR) is 148 cm³/mol. The Bertz CT molecular complexity index is 1210. The van der Waals surface area contributed by atoms with Gasteiger partial charge in [-0.3, -0.25) is 9.59 Å². The van der Waals surface area contributed by atoms with Gasteiger partial charge >= 0.3 is 0 Å². The Morgan fingerprint density at radius 2 is 1.82 bits per heavy atom. The molecule has 0 saturated heterocycles. The molecule has 6 nitrogen and oxygen atoms in total. The summed E-state index contributed by atoms with van der Waals surface area (Å²) in [6.45, 7) is 11.9. The lowest BCUT2D eigenvalue weighted by atomic mass is 9.81. The van der Waals surface area contributed by atoms with Crippen LogP contribution in [0.1, 0.15) is 85.8 Å². The molecule has 206 valence electrons. The summed E-state index contributed by atoms with van der Waals surface area (Å²) in [6.07, 6.45) is 13.3. The molecule has 0 radical (unpaired) electrons. The molecule has 2 amide bonds. The summed E-state index contributed by atoms with van der Waals surface area (Å²) in [6, 6.07) is 1.09. The van der Waals surface area contributed by atoms with Crippen molar-refractivity contribution >= 4 is 17.6 Å². The number of nitrogens with one attached hydrogen (secondary N) is 2. The number of carbonyl (C=O) groups is 2. The van der Waals surface area contributed by atoms with Crippen molar-refractivity contribution in [3.8, 4) is 0 Å². The molecule has 8 heteroatoms. The molecule has 0 unspecified atom stereocenters. The fourth-order valence-electron chi connectivity index (χ4n) is 4.48. The first-order valence-corrected chi connectivity index (χ1v) is 13.2. The first-order chi connectivity index (χ1) is 17.7. The Kier molecular flexibility index (Phi) is 9.28. The van der Waals surface area contributed by atoms with Crippen molar-refractivity contribution in [3.05, 3.63) is 71.0 Å². The van der Waals surface area contributed by atoms with Crippen LogP contribution in [-0.4, -0.2) is 27.6 Å². The first-order valence-electron chi connectivity index (χ1n) is 13.2. The molecule has 0 bridgehead atoms. The van der Waals surface area contributed by atoms with Crippen LogP contribution in [0.5, 0.6) is 0 Å². The Hall–Kier alpha value is -3.29. The molecule has 38 heavy (non-hydrogen) atoms. The molecule has 2 N–H and O–H groups in total. The number of anilines is 1. The molecule has 1 aromatic heterocycles. The zero-order valence-corrected chi connectivity index (χ0v) is 23.3. The van der Waals surface area contributed by atoms with Gasteiger partial charge in [0.05, 0.1) is 11.2 Å². The van der Waals surface area contributed by atoms with Crippen molar-refractivity contribution in [2.75, 3.05) is 5.32 Å². The van der Waals surface area contributed by atoms with Crippen molar-refractivity contribution in [1.29, 1.82) is 0 Å². The van der Waals surface area contributed by atoms with Gasteiger partial charge in [0.15, 0.2) is 0 Å². The third-order valence-corrected chi connectivity index (χ3v) is 6.61. The van der Waals surface area contributed by atoms with Gasteiger partial charge in [-0.25, -0.2) is 13.5 Å². The van der Waals surface area contributed by atoms with E-state index in [0.29, 0.717) is 11.4 Å².